The van der Waals surface area contributed by atoms with Crippen LogP contribution in [0.3, 0.4) is 0 Å². The first kappa shape index (κ1) is 30.4. The van der Waals surface area contributed by atoms with E-state index in [2.05, 4.69) is 20.6 Å². The standard InChI is InChI=1S/C27H31ClFN7O5/c28-22-13-19(29)1-2-21(22)26-25(24(38)15-37)23(32-27(33-26)18-3-6-31-7-4-18)17-41-16-20-14-36(35-34-20)8-10-40-12-11-39-9-5-30/h1-4,6-7,13-14,26,37H,5,8-12,15-17,30H2,(H,32,33). The molecule has 3 heterocycles. The Bertz CT molecular complexity index is 1370. The largest absolute Gasteiger partial charge is 0.388 e. The number of nitrogens with one attached hydrogen (secondary N) is 1. The van der Waals surface area contributed by atoms with Gasteiger partial charge < -0.3 is 30.4 Å². The van der Waals surface area contributed by atoms with Crippen molar-refractivity contribution in [2.75, 3.05) is 46.2 Å². The number of aromatic nitrogens is 4. The zero-order valence-electron chi connectivity index (χ0n) is 22.2. The molecule has 0 bridgehead atoms. The van der Waals surface area contributed by atoms with Gasteiger partial charge in [-0.1, -0.05) is 22.9 Å². The van der Waals surface area contributed by atoms with Crippen molar-refractivity contribution in [3.63, 3.8) is 0 Å². The van der Waals surface area contributed by atoms with Crippen molar-refractivity contribution in [1.29, 1.82) is 0 Å². The van der Waals surface area contributed by atoms with E-state index in [9.17, 15) is 14.3 Å². The summed E-state index contributed by atoms with van der Waals surface area (Å²) in [6.45, 7) is 2.13. The van der Waals surface area contributed by atoms with Gasteiger partial charge in [-0.3, -0.25) is 14.8 Å². The Morgan fingerprint density at radius 2 is 1.88 bits per heavy atom. The average molecular weight is 588 g/mol. The fourth-order valence-corrected chi connectivity index (χ4v) is 4.33. The molecule has 0 spiro atoms. The number of carbonyl (C=O) groups is 1. The van der Waals surface area contributed by atoms with Crippen molar-refractivity contribution in [2.45, 2.75) is 19.2 Å². The summed E-state index contributed by atoms with van der Waals surface area (Å²) in [6, 6.07) is 6.46. The average Bonchev–Trinajstić information content (AvgIpc) is 3.44. The van der Waals surface area contributed by atoms with Gasteiger partial charge >= 0.3 is 0 Å². The number of nitrogens with zero attached hydrogens (tertiary/aromatic N) is 5. The molecule has 2 aromatic heterocycles. The number of aliphatic hydroxyl groups excluding tert-OH is 1. The van der Waals surface area contributed by atoms with Gasteiger partial charge in [-0.15, -0.1) is 5.10 Å². The monoisotopic (exact) mass is 587 g/mol. The van der Waals surface area contributed by atoms with Crippen molar-refractivity contribution < 1.29 is 28.5 Å². The summed E-state index contributed by atoms with van der Waals surface area (Å²) < 4.78 is 32.1. The van der Waals surface area contributed by atoms with Crippen LogP contribution in [0.1, 0.15) is 22.9 Å². The Labute approximate surface area is 241 Å². The molecule has 1 unspecified atom stereocenters. The lowest BCUT2D eigenvalue weighted by atomic mass is 9.92. The molecule has 1 aromatic carbocycles. The van der Waals surface area contributed by atoms with Crippen LogP contribution in [0.4, 0.5) is 4.39 Å². The van der Waals surface area contributed by atoms with Crippen molar-refractivity contribution in [2.24, 2.45) is 10.7 Å². The first-order chi connectivity index (χ1) is 20.0. The van der Waals surface area contributed by atoms with Crippen molar-refractivity contribution in [1.82, 2.24) is 25.3 Å². The fraction of sp³-hybridized carbons (Fsp3) is 0.370. The van der Waals surface area contributed by atoms with E-state index in [4.69, 9.17) is 36.5 Å². The minimum atomic E-state index is -0.910. The van der Waals surface area contributed by atoms with Gasteiger partial charge in [0, 0.05) is 40.7 Å². The number of aliphatic hydroxyl groups is 1. The fourth-order valence-electron chi connectivity index (χ4n) is 4.06. The van der Waals surface area contributed by atoms with E-state index in [1.165, 1.54) is 12.1 Å². The SMILES string of the molecule is NCCOCCOCCn1cc(COCC2=C(C(=O)CO)C(c3ccc(F)cc3Cl)N=C(c3ccncc3)N2)nn1. The normalized spacial score (nSPS) is 15.1. The molecule has 14 heteroatoms. The van der Waals surface area contributed by atoms with Gasteiger partial charge in [0.05, 0.1) is 58.1 Å². The van der Waals surface area contributed by atoms with Crippen LogP contribution in [0.15, 0.2) is 65.2 Å². The van der Waals surface area contributed by atoms with Gasteiger partial charge in [0.1, 0.15) is 30.0 Å². The Morgan fingerprint density at radius 1 is 1.10 bits per heavy atom. The molecule has 1 aliphatic heterocycles. The molecule has 12 nitrogen and oxygen atoms in total. The van der Waals surface area contributed by atoms with Gasteiger partial charge in [0.2, 0.25) is 0 Å². The second-order valence-electron chi connectivity index (χ2n) is 8.86. The number of Topliss-reactive ketones (excluding diaryl/α,β-unsaturated/α-hetero) is 1. The molecule has 0 saturated heterocycles. The molecule has 0 saturated carbocycles. The molecule has 1 aliphatic rings. The molecular formula is C27H31ClFN7O5. The third-order valence-electron chi connectivity index (χ3n) is 5.96. The van der Waals surface area contributed by atoms with Crippen molar-refractivity contribution in [3.8, 4) is 0 Å². The van der Waals surface area contributed by atoms with Gasteiger partial charge in [0.15, 0.2) is 5.78 Å². The number of ketones is 1. The Morgan fingerprint density at radius 3 is 2.61 bits per heavy atom. The van der Waals surface area contributed by atoms with Crippen LogP contribution >= 0.6 is 11.6 Å². The molecule has 0 fully saturated rings. The second-order valence-corrected chi connectivity index (χ2v) is 9.27. The van der Waals surface area contributed by atoms with E-state index in [1.807, 2.05) is 0 Å². The number of aliphatic imine (C=N–C) groups is 1. The molecule has 1 atom stereocenters. The summed E-state index contributed by atoms with van der Waals surface area (Å²) in [5.41, 5.74) is 7.60. The number of hydrogen-bond donors (Lipinski definition) is 3. The van der Waals surface area contributed by atoms with Gasteiger partial charge in [-0.05, 0) is 24.3 Å². The number of benzene rings is 1. The third-order valence-corrected chi connectivity index (χ3v) is 6.29. The van der Waals surface area contributed by atoms with Gasteiger partial charge in [-0.25, -0.2) is 9.07 Å². The molecule has 0 aliphatic carbocycles. The highest BCUT2D eigenvalue weighted by Gasteiger charge is 2.32. The summed E-state index contributed by atoms with van der Waals surface area (Å²) in [4.78, 5) is 21.7. The number of nitrogens with two attached hydrogens (primary N) is 1. The predicted octanol–water partition coefficient (Wildman–Crippen LogP) is 1.58. The smallest absolute Gasteiger partial charge is 0.188 e. The van der Waals surface area contributed by atoms with E-state index in [1.54, 1.807) is 35.4 Å². The Kier molecular flexibility index (Phi) is 11.4. The summed E-state index contributed by atoms with van der Waals surface area (Å²) in [5, 5.41) is 21.2. The Hall–Kier alpha value is -3.59. The maximum absolute atomic E-state index is 13.8. The predicted molar refractivity (Wildman–Crippen MR) is 148 cm³/mol. The highest BCUT2D eigenvalue weighted by molar-refractivity contribution is 6.31. The van der Waals surface area contributed by atoms with Gasteiger partial charge in [-0.2, -0.15) is 0 Å². The minimum absolute atomic E-state index is 0.0424. The first-order valence-electron chi connectivity index (χ1n) is 12.9. The van der Waals surface area contributed by atoms with Crippen LogP contribution in [0.2, 0.25) is 5.02 Å². The van der Waals surface area contributed by atoms with Crippen LogP contribution in [0.5, 0.6) is 0 Å². The van der Waals surface area contributed by atoms with E-state index in [-0.39, 0.29) is 23.8 Å². The summed E-state index contributed by atoms with van der Waals surface area (Å²) >= 11 is 6.37. The zero-order chi connectivity index (χ0) is 29.0. The molecule has 41 heavy (non-hydrogen) atoms. The molecular weight excluding hydrogens is 557 g/mol. The van der Waals surface area contributed by atoms with E-state index >= 15 is 0 Å². The molecule has 4 N–H and O–H groups in total. The number of rotatable bonds is 16. The number of pyridine rings is 1. The molecule has 3 aromatic rings. The van der Waals surface area contributed by atoms with Crippen LogP contribution in [-0.2, 0) is 32.2 Å². The van der Waals surface area contributed by atoms with Crippen LogP contribution in [-0.4, -0.2) is 82.9 Å². The third kappa shape index (κ3) is 8.45. The lowest BCUT2D eigenvalue weighted by Crippen LogP contribution is -2.36. The lowest BCUT2D eigenvalue weighted by Gasteiger charge is -2.28. The zero-order valence-corrected chi connectivity index (χ0v) is 23.0. The second kappa shape index (κ2) is 15.4. The minimum Gasteiger partial charge on any atom is -0.388 e. The summed E-state index contributed by atoms with van der Waals surface area (Å²) in [7, 11) is 0. The number of halogens is 2. The maximum Gasteiger partial charge on any atom is 0.188 e. The summed E-state index contributed by atoms with van der Waals surface area (Å²) in [6.07, 6.45) is 4.96. The van der Waals surface area contributed by atoms with Crippen LogP contribution < -0.4 is 11.1 Å². The van der Waals surface area contributed by atoms with E-state index < -0.39 is 24.2 Å². The van der Waals surface area contributed by atoms with Crippen LogP contribution in [0.25, 0.3) is 0 Å². The van der Waals surface area contributed by atoms with Gasteiger partial charge in [0.25, 0.3) is 0 Å². The molecule has 218 valence electrons. The number of carbonyl (C=O) groups excluding carboxylic acids is 1. The summed E-state index contributed by atoms with van der Waals surface area (Å²) in [5.74, 6) is -0.659. The van der Waals surface area contributed by atoms with Crippen molar-refractivity contribution in [3.05, 3.63) is 87.9 Å². The highest BCUT2D eigenvalue weighted by atomic mass is 35.5. The topological polar surface area (TPSA) is 159 Å². The first-order valence-corrected chi connectivity index (χ1v) is 13.3. The molecule has 4 rings (SSSR count). The Balaban J connectivity index is 1.47. The number of ether oxygens (including phenoxy) is 3. The number of amidine groups is 1. The number of hydrogen-bond acceptors (Lipinski definition) is 11. The van der Waals surface area contributed by atoms with Crippen molar-refractivity contribution >= 4 is 23.2 Å². The molecule has 0 radical (unpaired) electrons. The maximum atomic E-state index is 13.8. The lowest BCUT2D eigenvalue weighted by molar-refractivity contribution is -0.118. The quantitative estimate of drug-likeness (QED) is 0.210. The van der Waals surface area contributed by atoms with Crippen LogP contribution in [0, 0.1) is 5.82 Å². The van der Waals surface area contributed by atoms with E-state index in [0.29, 0.717) is 67.9 Å². The van der Waals surface area contributed by atoms with E-state index in [0.717, 1.165) is 6.07 Å². The molecule has 0 amide bonds. The highest BCUT2D eigenvalue weighted by Crippen LogP contribution is 2.36.